The Hall–Kier alpha value is -0.830. The average Bonchev–Trinajstić information content (AvgIpc) is 1.78. The number of esters is 1. The third-order valence-electron chi connectivity index (χ3n) is 1.24. The molecule has 3 nitrogen and oxygen atoms in total. The monoisotopic (exact) mass is 200 g/mol. The van der Waals surface area contributed by atoms with Crippen LogP contribution in [0.25, 0.3) is 0 Å². The fraction of sp³-hybridized carbons (Fsp3) is 0.727. The molecule has 0 saturated heterocycles. The van der Waals surface area contributed by atoms with Crippen molar-refractivity contribution in [1.29, 1.82) is 0 Å². The van der Waals surface area contributed by atoms with E-state index in [1.165, 1.54) is 0 Å². The van der Waals surface area contributed by atoms with Gasteiger partial charge in [-0.1, -0.05) is 6.58 Å². The van der Waals surface area contributed by atoms with E-state index in [1.807, 2.05) is 20.8 Å². The molecule has 82 valence electrons. The van der Waals surface area contributed by atoms with Gasteiger partial charge >= 0.3 is 5.97 Å². The van der Waals surface area contributed by atoms with Crippen molar-refractivity contribution in [3.05, 3.63) is 12.2 Å². The van der Waals surface area contributed by atoms with E-state index in [9.17, 15) is 4.79 Å². The van der Waals surface area contributed by atoms with E-state index < -0.39 is 11.8 Å². The molecule has 0 atom stereocenters. The van der Waals surface area contributed by atoms with Crippen molar-refractivity contribution < 1.29 is 14.3 Å². The summed E-state index contributed by atoms with van der Waals surface area (Å²) >= 11 is 0. The molecule has 0 spiro atoms. The number of carbonyl (C=O) groups is 1. The summed E-state index contributed by atoms with van der Waals surface area (Å²) in [5.74, 6) is -1.35. The second kappa shape index (κ2) is 4.13. The molecule has 0 aromatic rings. The van der Waals surface area contributed by atoms with Gasteiger partial charge in [0.05, 0.1) is 5.60 Å². The largest absolute Gasteiger partial charge is 0.430 e. The Morgan fingerprint density at radius 3 is 1.86 bits per heavy atom. The van der Waals surface area contributed by atoms with Crippen LogP contribution in [0.5, 0.6) is 0 Å². The summed E-state index contributed by atoms with van der Waals surface area (Å²) in [5.41, 5.74) is 0.0226. The van der Waals surface area contributed by atoms with Crippen molar-refractivity contribution in [2.45, 2.75) is 52.9 Å². The maximum atomic E-state index is 11.2. The first-order valence-electron chi connectivity index (χ1n) is 4.62. The van der Waals surface area contributed by atoms with Crippen LogP contribution >= 0.6 is 0 Å². The van der Waals surface area contributed by atoms with Crippen molar-refractivity contribution in [3.8, 4) is 0 Å². The lowest BCUT2D eigenvalue weighted by molar-refractivity contribution is -0.246. The number of ether oxygens (including phenoxy) is 2. The van der Waals surface area contributed by atoms with Gasteiger partial charge in [0.1, 0.15) is 0 Å². The van der Waals surface area contributed by atoms with Crippen LogP contribution in [0.15, 0.2) is 12.2 Å². The molecule has 0 fully saturated rings. The predicted molar refractivity (Wildman–Crippen MR) is 55.8 cm³/mol. The molecule has 0 N–H and O–H groups in total. The average molecular weight is 200 g/mol. The zero-order valence-electron chi connectivity index (χ0n) is 9.93. The van der Waals surface area contributed by atoms with Crippen LogP contribution < -0.4 is 0 Å². The summed E-state index contributed by atoms with van der Waals surface area (Å²) in [6.45, 7) is 14.2. The normalized spacial score (nSPS) is 12.4. The maximum Gasteiger partial charge on any atom is 0.335 e. The van der Waals surface area contributed by atoms with E-state index in [0.717, 1.165) is 0 Å². The quantitative estimate of drug-likeness (QED) is 0.399. The molecule has 0 aliphatic carbocycles. The summed E-state index contributed by atoms with van der Waals surface area (Å²) in [6.07, 6.45) is 0. The lowest BCUT2D eigenvalue weighted by Crippen LogP contribution is -2.38. The zero-order chi connectivity index (χ0) is 11.6. The molecule has 0 aliphatic rings. The minimum Gasteiger partial charge on any atom is -0.430 e. The van der Waals surface area contributed by atoms with Crippen LogP contribution in [0.3, 0.4) is 0 Å². The molecular formula is C11H20O3. The van der Waals surface area contributed by atoms with Crippen molar-refractivity contribution in [1.82, 2.24) is 0 Å². The van der Waals surface area contributed by atoms with Gasteiger partial charge in [0.15, 0.2) is 0 Å². The zero-order valence-corrected chi connectivity index (χ0v) is 9.93. The molecule has 0 radical (unpaired) electrons. The topological polar surface area (TPSA) is 35.5 Å². The molecule has 0 heterocycles. The van der Waals surface area contributed by atoms with Gasteiger partial charge in [-0.15, -0.1) is 0 Å². The maximum absolute atomic E-state index is 11.2. The molecule has 0 unspecified atom stereocenters. The van der Waals surface area contributed by atoms with Crippen LogP contribution in [0, 0.1) is 0 Å². The summed E-state index contributed by atoms with van der Waals surface area (Å²) in [4.78, 5) is 11.2. The van der Waals surface area contributed by atoms with Gasteiger partial charge in [-0.05, 0) is 27.7 Å². The van der Waals surface area contributed by atoms with Gasteiger partial charge in [-0.3, -0.25) is 0 Å². The first kappa shape index (κ1) is 13.2. The van der Waals surface area contributed by atoms with Crippen LogP contribution in [0.4, 0.5) is 0 Å². The highest BCUT2D eigenvalue weighted by Crippen LogP contribution is 2.21. The summed E-state index contributed by atoms with van der Waals surface area (Å²) in [5, 5.41) is 0. The Morgan fingerprint density at radius 2 is 1.57 bits per heavy atom. The van der Waals surface area contributed by atoms with Gasteiger partial charge in [0.25, 0.3) is 0 Å². The Bertz CT molecular complexity index is 233. The summed E-state index contributed by atoms with van der Waals surface area (Å²) in [7, 11) is 0. The van der Waals surface area contributed by atoms with E-state index in [2.05, 4.69) is 6.58 Å². The van der Waals surface area contributed by atoms with Gasteiger partial charge in [0.2, 0.25) is 5.79 Å². The highest BCUT2D eigenvalue weighted by Gasteiger charge is 2.29. The van der Waals surface area contributed by atoms with Gasteiger partial charge < -0.3 is 9.47 Å². The molecule has 3 heteroatoms. The van der Waals surface area contributed by atoms with Gasteiger partial charge in [-0.2, -0.15) is 0 Å². The van der Waals surface area contributed by atoms with Crippen molar-refractivity contribution in [3.63, 3.8) is 0 Å². The van der Waals surface area contributed by atoms with Gasteiger partial charge in [0, 0.05) is 19.4 Å². The fourth-order valence-corrected chi connectivity index (χ4v) is 1.07. The first-order valence-corrected chi connectivity index (χ1v) is 4.62. The summed E-state index contributed by atoms with van der Waals surface area (Å²) < 4.78 is 10.7. The van der Waals surface area contributed by atoms with Crippen LogP contribution in [0.2, 0.25) is 0 Å². The molecule has 0 bridgehead atoms. The number of carbonyl (C=O) groups excluding carboxylic acids is 1. The molecule has 0 amide bonds. The third-order valence-corrected chi connectivity index (χ3v) is 1.24. The molecule has 0 saturated carbocycles. The Balaban J connectivity index is 4.35. The Kier molecular flexibility index (Phi) is 3.89. The van der Waals surface area contributed by atoms with E-state index in [0.29, 0.717) is 5.57 Å². The van der Waals surface area contributed by atoms with Crippen LogP contribution in [-0.2, 0) is 14.3 Å². The van der Waals surface area contributed by atoms with E-state index in [1.54, 1.807) is 20.8 Å². The second-order valence-electron chi connectivity index (χ2n) is 4.78. The lowest BCUT2D eigenvalue weighted by Gasteiger charge is -2.33. The third kappa shape index (κ3) is 5.75. The lowest BCUT2D eigenvalue weighted by atomic mass is 10.2. The van der Waals surface area contributed by atoms with Crippen molar-refractivity contribution >= 4 is 5.97 Å². The summed E-state index contributed by atoms with van der Waals surface area (Å²) in [6, 6.07) is 0. The first-order chi connectivity index (χ1) is 6.03. The standard InChI is InChI=1S/C11H20O3/c1-8(2)9(12)13-11(6,7)14-10(3,4)5/h1H2,2-7H3. The number of rotatable bonds is 3. The predicted octanol–water partition coefficient (Wildman–Crippen LogP) is 2.66. The van der Waals surface area contributed by atoms with Crippen molar-refractivity contribution in [2.24, 2.45) is 0 Å². The smallest absolute Gasteiger partial charge is 0.335 e. The highest BCUT2D eigenvalue weighted by atomic mass is 16.7. The molecule has 0 aliphatic heterocycles. The minimum atomic E-state index is -0.922. The van der Waals surface area contributed by atoms with E-state index >= 15 is 0 Å². The molecule has 0 aromatic carbocycles. The Labute approximate surface area is 86.1 Å². The SMILES string of the molecule is C=C(C)C(=O)OC(C)(C)OC(C)(C)C. The molecular weight excluding hydrogens is 180 g/mol. The van der Waals surface area contributed by atoms with Gasteiger partial charge in [-0.25, -0.2) is 4.79 Å². The molecule has 0 aromatic heterocycles. The van der Waals surface area contributed by atoms with Crippen molar-refractivity contribution in [2.75, 3.05) is 0 Å². The second-order valence-corrected chi connectivity index (χ2v) is 4.78. The number of hydrogen-bond acceptors (Lipinski definition) is 3. The minimum absolute atomic E-state index is 0.348. The van der Waals surface area contributed by atoms with E-state index in [4.69, 9.17) is 9.47 Å². The number of hydrogen-bond donors (Lipinski definition) is 0. The van der Waals surface area contributed by atoms with Crippen LogP contribution in [0.1, 0.15) is 41.5 Å². The molecule has 14 heavy (non-hydrogen) atoms. The highest BCUT2D eigenvalue weighted by molar-refractivity contribution is 5.87. The molecule has 0 rings (SSSR count). The van der Waals surface area contributed by atoms with E-state index in [-0.39, 0.29) is 5.60 Å². The Morgan fingerprint density at radius 1 is 1.14 bits per heavy atom. The van der Waals surface area contributed by atoms with Crippen LogP contribution in [-0.4, -0.2) is 17.4 Å². The fourth-order valence-electron chi connectivity index (χ4n) is 1.07.